The zero-order chi connectivity index (χ0) is 13.0. The van der Waals surface area contributed by atoms with Crippen LogP contribution in [0.5, 0.6) is 0 Å². The minimum absolute atomic E-state index is 0.227. The molecule has 0 fully saturated rings. The van der Waals surface area contributed by atoms with Crippen LogP contribution < -0.4 is 10.6 Å². The van der Waals surface area contributed by atoms with Crippen molar-refractivity contribution in [3.63, 3.8) is 0 Å². The molecule has 0 atom stereocenters. The van der Waals surface area contributed by atoms with Gasteiger partial charge in [0.2, 0.25) is 5.95 Å². The summed E-state index contributed by atoms with van der Waals surface area (Å²) in [5.41, 5.74) is 1.29. The topological polar surface area (TPSA) is 49.8 Å². The molecule has 2 aromatic heterocycles. The number of hydrogen-bond acceptors (Lipinski definition) is 5. The molecule has 96 valence electrons. The summed E-state index contributed by atoms with van der Waals surface area (Å²) in [4.78, 5) is 9.05. The van der Waals surface area contributed by atoms with E-state index in [4.69, 9.17) is 0 Å². The van der Waals surface area contributed by atoms with Gasteiger partial charge in [-0.3, -0.25) is 0 Å². The molecule has 0 aliphatic rings. The number of thiophene rings is 1. The first kappa shape index (κ1) is 12.8. The van der Waals surface area contributed by atoms with Crippen molar-refractivity contribution in [2.75, 3.05) is 17.7 Å². The highest BCUT2D eigenvalue weighted by molar-refractivity contribution is 7.10. The first-order valence-corrected chi connectivity index (χ1v) is 6.62. The maximum absolute atomic E-state index is 13.5. The highest BCUT2D eigenvalue weighted by atomic mass is 32.1. The summed E-state index contributed by atoms with van der Waals surface area (Å²) in [5, 5.41) is 7.84. The van der Waals surface area contributed by atoms with E-state index in [1.165, 1.54) is 10.4 Å². The van der Waals surface area contributed by atoms with Crippen LogP contribution in [-0.2, 0) is 13.0 Å². The van der Waals surface area contributed by atoms with Crippen LogP contribution in [0.25, 0.3) is 0 Å². The average Bonchev–Trinajstić information content (AvgIpc) is 2.85. The number of aryl methyl sites for hydroxylation is 1. The van der Waals surface area contributed by atoms with E-state index in [-0.39, 0.29) is 5.82 Å². The molecule has 0 aliphatic heterocycles. The molecular formula is C12H15FN4S. The average molecular weight is 266 g/mol. The van der Waals surface area contributed by atoms with Crippen LogP contribution in [0.3, 0.4) is 0 Å². The Hall–Kier alpha value is -1.69. The summed E-state index contributed by atoms with van der Waals surface area (Å²) in [5.74, 6) is 0.189. The smallest absolute Gasteiger partial charge is 0.224 e. The van der Waals surface area contributed by atoms with E-state index in [2.05, 4.69) is 33.6 Å². The molecule has 0 saturated carbocycles. The minimum Gasteiger partial charge on any atom is -0.363 e. The molecule has 0 aliphatic carbocycles. The van der Waals surface area contributed by atoms with Crippen molar-refractivity contribution in [3.8, 4) is 0 Å². The molecule has 2 N–H and O–H groups in total. The van der Waals surface area contributed by atoms with Gasteiger partial charge in [-0.2, -0.15) is 4.98 Å². The summed E-state index contributed by atoms with van der Waals surface area (Å²) >= 11 is 1.67. The van der Waals surface area contributed by atoms with Gasteiger partial charge in [0.05, 0.1) is 12.7 Å². The molecule has 2 heterocycles. The zero-order valence-electron chi connectivity index (χ0n) is 10.3. The fourth-order valence-corrected chi connectivity index (χ4v) is 2.53. The Morgan fingerprint density at radius 3 is 3.00 bits per heavy atom. The summed E-state index contributed by atoms with van der Waals surface area (Å²) in [6.07, 6.45) is 2.14. The Bertz CT molecular complexity index is 527. The van der Waals surface area contributed by atoms with E-state index in [1.807, 2.05) is 5.38 Å². The van der Waals surface area contributed by atoms with Gasteiger partial charge >= 0.3 is 0 Å². The van der Waals surface area contributed by atoms with E-state index in [1.54, 1.807) is 18.4 Å². The van der Waals surface area contributed by atoms with Gasteiger partial charge in [0.25, 0.3) is 0 Å². The van der Waals surface area contributed by atoms with Crippen molar-refractivity contribution >= 4 is 23.1 Å². The Kier molecular flexibility index (Phi) is 4.09. The first-order chi connectivity index (χ1) is 8.74. The normalized spacial score (nSPS) is 10.4. The van der Waals surface area contributed by atoms with E-state index in [9.17, 15) is 4.39 Å². The second-order valence-corrected chi connectivity index (χ2v) is 4.72. The van der Waals surface area contributed by atoms with Crippen LogP contribution in [0.2, 0.25) is 0 Å². The van der Waals surface area contributed by atoms with Gasteiger partial charge in [0.15, 0.2) is 11.6 Å². The van der Waals surface area contributed by atoms with Gasteiger partial charge in [-0.25, -0.2) is 9.37 Å². The minimum atomic E-state index is -0.441. The third-order valence-corrected chi connectivity index (χ3v) is 3.57. The molecule has 0 saturated heterocycles. The summed E-state index contributed by atoms with van der Waals surface area (Å²) < 4.78 is 13.5. The van der Waals surface area contributed by atoms with E-state index in [0.717, 1.165) is 12.6 Å². The van der Waals surface area contributed by atoms with Crippen molar-refractivity contribution in [2.45, 2.75) is 19.9 Å². The number of nitrogens with one attached hydrogen (secondary N) is 2. The van der Waals surface area contributed by atoms with Gasteiger partial charge < -0.3 is 10.6 Å². The Morgan fingerprint density at radius 2 is 2.28 bits per heavy atom. The Morgan fingerprint density at radius 1 is 1.44 bits per heavy atom. The Balaban J connectivity index is 2.10. The highest BCUT2D eigenvalue weighted by Crippen LogP contribution is 2.19. The maximum Gasteiger partial charge on any atom is 0.224 e. The number of aromatic nitrogens is 2. The van der Waals surface area contributed by atoms with Crippen LogP contribution in [0.15, 0.2) is 17.6 Å². The monoisotopic (exact) mass is 266 g/mol. The molecule has 0 unspecified atom stereocenters. The lowest BCUT2D eigenvalue weighted by Gasteiger charge is -2.08. The number of nitrogens with zero attached hydrogens (tertiary/aromatic N) is 2. The summed E-state index contributed by atoms with van der Waals surface area (Å²) in [6.45, 7) is 2.69. The van der Waals surface area contributed by atoms with Gasteiger partial charge in [-0.15, -0.1) is 11.3 Å². The molecule has 0 bridgehead atoms. The first-order valence-electron chi connectivity index (χ1n) is 5.74. The third-order valence-electron chi connectivity index (χ3n) is 2.60. The molecule has 4 nitrogen and oxygen atoms in total. The fourth-order valence-electron chi connectivity index (χ4n) is 1.61. The zero-order valence-corrected chi connectivity index (χ0v) is 11.1. The summed E-state index contributed by atoms with van der Waals surface area (Å²) in [6, 6.07) is 2.09. The van der Waals surface area contributed by atoms with Gasteiger partial charge in [-0.1, -0.05) is 6.92 Å². The molecular weight excluding hydrogens is 251 g/mol. The SMILES string of the molecule is CCc1ccsc1CNc1nc(NC)ncc1F. The quantitative estimate of drug-likeness (QED) is 0.873. The molecule has 2 aromatic rings. The standard InChI is InChI=1S/C12H15FN4S/c1-3-8-4-5-18-10(8)7-15-11-9(13)6-16-12(14-2)17-11/h4-6H,3,7H2,1-2H3,(H2,14,15,16,17). The molecule has 0 amide bonds. The van der Waals surface area contributed by atoms with Crippen LogP contribution >= 0.6 is 11.3 Å². The second kappa shape index (κ2) is 5.77. The lowest BCUT2D eigenvalue weighted by atomic mass is 10.2. The predicted octanol–water partition coefficient (Wildman–Crippen LogP) is 2.89. The largest absolute Gasteiger partial charge is 0.363 e. The van der Waals surface area contributed by atoms with Crippen molar-refractivity contribution in [2.24, 2.45) is 0 Å². The van der Waals surface area contributed by atoms with Crippen molar-refractivity contribution < 1.29 is 4.39 Å². The van der Waals surface area contributed by atoms with Crippen molar-refractivity contribution in [3.05, 3.63) is 33.9 Å². The molecule has 18 heavy (non-hydrogen) atoms. The van der Waals surface area contributed by atoms with Gasteiger partial charge in [0, 0.05) is 11.9 Å². The second-order valence-electron chi connectivity index (χ2n) is 3.72. The van der Waals surface area contributed by atoms with E-state index in [0.29, 0.717) is 12.5 Å². The molecule has 6 heteroatoms. The van der Waals surface area contributed by atoms with Crippen LogP contribution in [0, 0.1) is 5.82 Å². The van der Waals surface area contributed by atoms with Crippen molar-refractivity contribution in [1.29, 1.82) is 0 Å². The van der Waals surface area contributed by atoms with Crippen LogP contribution in [0.1, 0.15) is 17.4 Å². The Labute approximate surface area is 109 Å². The lowest BCUT2D eigenvalue weighted by molar-refractivity contribution is 0.617. The third kappa shape index (κ3) is 2.76. The molecule has 0 radical (unpaired) electrons. The number of halogens is 1. The summed E-state index contributed by atoms with van der Waals surface area (Å²) in [7, 11) is 1.70. The van der Waals surface area contributed by atoms with E-state index < -0.39 is 5.82 Å². The predicted molar refractivity (Wildman–Crippen MR) is 72.6 cm³/mol. The number of anilines is 2. The van der Waals surface area contributed by atoms with E-state index >= 15 is 0 Å². The van der Waals surface area contributed by atoms with Gasteiger partial charge in [-0.05, 0) is 23.4 Å². The number of rotatable bonds is 5. The van der Waals surface area contributed by atoms with Gasteiger partial charge in [0.1, 0.15) is 0 Å². The molecule has 2 rings (SSSR count). The fraction of sp³-hybridized carbons (Fsp3) is 0.333. The van der Waals surface area contributed by atoms with Crippen LogP contribution in [-0.4, -0.2) is 17.0 Å². The van der Waals surface area contributed by atoms with Crippen LogP contribution in [0.4, 0.5) is 16.2 Å². The lowest BCUT2D eigenvalue weighted by Crippen LogP contribution is -2.06. The molecule has 0 spiro atoms. The molecule has 0 aromatic carbocycles. The maximum atomic E-state index is 13.5. The van der Waals surface area contributed by atoms with Crippen molar-refractivity contribution in [1.82, 2.24) is 9.97 Å². The highest BCUT2D eigenvalue weighted by Gasteiger charge is 2.07. The number of hydrogen-bond donors (Lipinski definition) is 2.